The maximum absolute atomic E-state index is 13.8. The maximum atomic E-state index is 13.8. The molecule has 0 heterocycles. The van der Waals surface area contributed by atoms with Gasteiger partial charge in [0.15, 0.2) is 0 Å². The molecule has 1 unspecified atom stereocenters. The van der Waals surface area contributed by atoms with E-state index in [1.54, 1.807) is 49.6 Å². The summed E-state index contributed by atoms with van der Waals surface area (Å²) in [6.45, 7) is 5.64. The summed E-state index contributed by atoms with van der Waals surface area (Å²) in [4.78, 5) is 28.9. The van der Waals surface area contributed by atoms with Crippen LogP contribution in [0.3, 0.4) is 0 Å². The van der Waals surface area contributed by atoms with Crippen LogP contribution in [-0.4, -0.2) is 38.7 Å². The maximum Gasteiger partial charge on any atom is 0.304 e. The number of amides is 2. The number of nitrogens with zero attached hydrogens (tertiary/aromatic N) is 1. The van der Waals surface area contributed by atoms with Crippen LogP contribution in [0.25, 0.3) is 0 Å². The molecule has 0 spiro atoms. The van der Waals surface area contributed by atoms with Crippen LogP contribution in [0.1, 0.15) is 37.9 Å². The number of hydrogen-bond donors (Lipinski definition) is 1. The highest BCUT2D eigenvalue weighted by atomic mass is 16.5. The number of ether oxygens (including phenoxy) is 3. The number of methoxy groups -OCH3 is 3. The first-order valence-electron chi connectivity index (χ1n) is 11.7. The van der Waals surface area contributed by atoms with Crippen molar-refractivity contribution in [1.29, 1.82) is 0 Å². The number of nitrogens with one attached hydrogen (secondary N) is 1. The van der Waals surface area contributed by atoms with Crippen molar-refractivity contribution >= 4 is 17.5 Å². The second kappa shape index (κ2) is 12.0. The summed E-state index contributed by atoms with van der Waals surface area (Å²) in [5.41, 5.74) is 1.12. The fourth-order valence-electron chi connectivity index (χ4n) is 3.66. The van der Waals surface area contributed by atoms with Gasteiger partial charge in [-0.1, -0.05) is 36.3 Å². The Morgan fingerprint density at radius 1 is 0.811 bits per heavy atom. The van der Waals surface area contributed by atoms with Gasteiger partial charge in [0.25, 0.3) is 0 Å². The molecule has 1 N–H and O–H groups in total. The van der Waals surface area contributed by atoms with Crippen molar-refractivity contribution in [1.82, 2.24) is 5.32 Å². The SMILES string of the molecule is COc1ccc(C(C(=O)NC(C)(C)C)N(C(=O)C#Cc2ccccc2)c2cc(OC)cc(OC)c2)cc1. The topological polar surface area (TPSA) is 77.1 Å². The summed E-state index contributed by atoms with van der Waals surface area (Å²) in [6, 6.07) is 20.2. The number of carbonyl (C=O) groups is 2. The second-order valence-electron chi connectivity index (χ2n) is 9.28. The van der Waals surface area contributed by atoms with Crippen molar-refractivity contribution < 1.29 is 23.8 Å². The van der Waals surface area contributed by atoms with Crippen LogP contribution in [0.4, 0.5) is 5.69 Å². The highest BCUT2D eigenvalue weighted by Crippen LogP contribution is 2.35. The number of carbonyl (C=O) groups excluding carboxylic acids is 2. The summed E-state index contributed by atoms with van der Waals surface area (Å²) in [5, 5.41) is 3.01. The average molecular weight is 501 g/mol. The summed E-state index contributed by atoms with van der Waals surface area (Å²) in [7, 11) is 4.61. The minimum atomic E-state index is -1.04. The summed E-state index contributed by atoms with van der Waals surface area (Å²) in [6.07, 6.45) is 0. The fraction of sp³-hybridized carbons (Fsp3) is 0.267. The van der Waals surface area contributed by atoms with Crippen molar-refractivity contribution in [3.63, 3.8) is 0 Å². The molecule has 3 aromatic carbocycles. The first kappa shape index (κ1) is 27.2. The van der Waals surface area contributed by atoms with Gasteiger partial charge in [-0.2, -0.15) is 0 Å². The van der Waals surface area contributed by atoms with E-state index in [0.717, 1.165) is 0 Å². The van der Waals surface area contributed by atoms with Crippen LogP contribution in [0, 0.1) is 11.8 Å². The van der Waals surface area contributed by atoms with Crippen molar-refractivity contribution in [2.75, 3.05) is 26.2 Å². The number of rotatable bonds is 7. The van der Waals surface area contributed by atoms with Gasteiger partial charge in [-0.25, -0.2) is 0 Å². The van der Waals surface area contributed by atoms with Crippen LogP contribution in [0.5, 0.6) is 17.2 Å². The minimum absolute atomic E-state index is 0.366. The standard InChI is InChI=1S/C30H32N2O5/c1-30(2,3)31-29(34)28(22-13-15-24(35-4)16-14-22)32(23-18-25(36-5)20-26(19-23)37-6)27(33)17-12-21-10-8-7-9-11-21/h7-11,13-16,18-20,28H,1-6H3,(H,31,34). The number of anilines is 1. The molecule has 7 nitrogen and oxygen atoms in total. The Kier molecular flexibility index (Phi) is 8.81. The predicted molar refractivity (Wildman–Crippen MR) is 144 cm³/mol. The first-order chi connectivity index (χ1) is 17.6. The van der Waals surface area contributed by atoms with E-state index >= 15 is 0 Å². The molecule has 0 aliphatic rings. The van der Waals surface area contributed by atoms with E-state index in [9.17, 15) is 9.59 Å². The van der Waals surface area contributed by atoms with Gasteiger partial charge >= 0.3 is 5.91 Å². The molecule has 0 aliphatic carbocycles. The normalized spacial score (nSPS) is 11.4. The van der Waals surface area contributed by atoms with E-state index in [1.165, 1.54) is 19.1 Å². The molecule has 7 heteroatoms. The minimum Gasteiger partial charge on any atom is -0.497 e. The molecule has 0 aromatic heterocycles. The smallest absolute Gasteiger partial charge is 0.304 e. The van der Waals surface area contributed by atoms with Crippen LogP contribution in [0.2, 0.25) is 0 Å². The molecule has 0 aliphatic heterocycles. The van der Waals surface area contributed by atoms with Gasteiger partial charge in [0.2, 0.25) is 5.91 Å². The zero-order chi connectivity index (χ0) is 27.0. The lowest BCUT2D eigenvalue weighted by molar-refractivity contribution is -0.126. The van der Waals surface area contributed by atoms with Gasteiger partial charge in [-0.3, -0.25) is 14.5 Å². The Balaban J connectivity index is 2.22. The van der Waals surface area contributed by atoms with Gasteiger partial charge in [-0.15, -0.1) is 0 Å². The average Bonchev–Trinajstić information content (AvgIpc) is 2.89. The van der Waals surface area contributed by atoms with Crippen molar-refractivity contribution in [2.24, 2.45) is 0 Å². The lowest BCUT2D eigenvalue weighted by atomic mass is 10.0. The third kappa shape index (κ3) is 7.28. The molecule has 0 saturated carbocycles. The largest absolute Gasteiger partial charge is 0.497 e. The lowest BCUT2D eigenvalue weighted by Gasteiger charge is -2.33. The molecule has 0 fully saturated rings. The van der Waals surface area contributed by atoms with E-state index in [0.29, 0.717) is 34.1 Å². The molecule has 0 saturated heterocycles. The summed E-state index contributed by atoms with van der Waals surface area (Å²) < 4.78 is 16.2. The predicted octanol–water partition coefficient (Wildman–Crippen LogP) is 4.75. The Labute approximate surface area is 218 Å². The number of benzene rings is 3. The fourth-order valence-corrected chi connectivity index (χ4v) is 3.66. The third-order valence-electron chi connectivity index (χ3n) is 5.36. The quantitative estimate of drug-likeness (QED) is 0.474. The van der Waals surface area contributed by atoms with Crippen molar-refractivity contribution in [3.05, 3.63) is 83.9 Å². The molecule has 192 valence electrons. The van der Waals surface area contributed by atoms with Crippen LogP contribution < -0.4 is 24.4 Å². The van der Waals surface area contributed by atoms with Gasteiger partial charge in [0.05, 0.1) is 27.0 Å². The van der Waals surface area contributed by atoms with Gasteiger partial charge in [0, 0.05) is 35.2 Å². The van der Waals surface area contributed by atoms with E-state index in [-0.39, 0.29) is 5.91 Å². The molecule has 0 radical (unpaired) electrons. The summed E-state index contributed by atoms with van der Waals surface area (Å²) >= 11 is 0. The van der Waals surface area contributed by atoms with Gasteiger partial charge in [0.1, 0.15) is 23.3 Å². The molecule has 3 aromatic rings. The van der Waals surface area contributed by atoms with E-state index < -0.39 is 17.5 Å². The zero-order valence-corrected chi connectivity index (χ0v) is 22.0. The Morgan fingerprint density at radius 2 is 1.38 bits per heavy atom. The van der Waals surface area contributed by atoms with E-state index in [1.807, 2.05) is 51.1 Å². The highest BCUT2D eigenvalue weighted by molar-refractivity contribution is 6.10. The van der Waals surface area contributed by atoms with Crippen LogP contribution in [0.15, 0.2) is 72.8 Å². The number of hydrogen-bond acceptors (Lipinski definition) is 5. The van der Waals surface area contributed by atoms with Gasteiger partial charge in [-0.05, 0) is 50.6 Å². The van der Waals surface area contributed by atoms with Gasteiger partial charge < -0.3 is 19.5 Å². The molecular weight excluding hydrogens is 468 g/mol. The first-order valence-corrected chi connectivity index (χ1v) is 11.7. The Hall–Kier alpha value is -4.44. The van der Waals surface area contributed by atoms with Crippen LogP contribution >= 0.6 is 0 Å². The lowest BCUT2D eigenvalue weighted by Crippen LogP contribution is -2.49. The second-order valence-corrected chi connectivity index (χ2v) is 9.28. The molecule has 1 atom stereocenters. The van der Waals surface area contributed by atoms with E-state index in [2.05, 4.69) is 17.2 Å². The van der Waals surface area contributed by atoms with Crippen LogP contribution in [-0.2, 0) is 9.59 Å². The zero-order valence-electron chi connectivity index (χ0n) is 22.0. The monoisotopic (exact) mass is 500 g/mol. The van der Waals surface area contributed by atoms with Crippen molar-refractivity contribution in [2.45, 2.75) is 32.4 Å². The molecule has 0 bridgehead atoms. The van der Waals surface area contributed by atoms with E-state index in [4.69, 9.17) is 14.2 Å². The molecular formula is C30H32N2O5. The Bertz CT molecular complexity index is 1260. The highest BCUT2D eigenvalue weighted by Gasteiger charge is 2.34. The molecule has 37 heavy (non-hydrogen) atoms. The van der Waals surface area contributed by atoms with Crippen molar-refractivity contribution in [3.8, 4) is 29.1 Å². The molecule has 2 amide bonds. The Morgan fingerprint density at radius 3 is 1.89 bits per heavy atom. The third-order valence-corrected chi connectivity index (χ3v) is 5.36. The molecule has 3 rings (SSSR count). The summed E-state index contributed by atoms with van der Waals surface area (Å²) in [5.74, 6) is 6.25.